The van der Waals surface area contributed by atoms with Crippen LogP contribution in [0.1, 0.15) is 32.9 Å². The van der Waals surface area contributed by atoms with Crippen molar-refractivity contribution in [3.63, 3.8) is 0 Å². The van der Waals surface area contributed by atoms with E-state index in [0.717, 1.165) is 21.6 Å². The molecule has 0 spiro atoms. The second-order valence-corrected chi connectivity index (χ2v) is 8.90. The Morgan fingerprint density at radius 2 is 1.88 bits per heavy atom. The highest BCUT2D eigenvalue weighted by atomic mass is 32.2. The van der Waals surface area contributed by atoms with Gasteiger partial charge in [-0.05, 0) is 67.4 Å². The van der Waals surface area contributed by atoms with Crippen LogP contribution >= 0.6 is 0 Å². The molecule has 0 fully saturated rings. The third-order valence-corrected chi connectivity index (χ3v) is 6.30. The summed E-state index contributed by atoms with van der Waals surface area (Å²) in [6.45, 7) is 4.21. The van der Waals surface area contributed by atoms with Crippen LogP contribution in [-0.2, 0) is 23.1 Å². The third kappa shape index (κ3) is 5.18. The number of carbonyl (C=O) groups is 1. The first-order chi connectivity index (χ1) is 15.5. The fourth-order valence-corrected chi connectivity index (χ4v) is 4.43. The van der Waals surface area contributed by atoms with Gasteiger partial charge in [0.2, 0.25) is 5.89 Å². The second kappa shape index (κ2) is 9.70. The van der Waals surface area contributed by atoms with E-state index in [0.29, 0.717) is 29.5 Å². The van der Waals surface area contributed by atoms with Crippen molar-refractivity contribution in [1.82, 2.24) is 15.3 Å². The molecule has 6 nitrogen and oxygen atoms in total. The smallest absolute Gasteiger partial charge is 0.251 e. The van der Waals surface area contributed by atoms with Crippen LogP contribution < -0.4 is 5.32 Å². The molecule has 0 radical (unpaired) electrons. The largest absolute Gasteiger partial charge is 0.441 e. The predicted molar refractivity (Wildman–Crippen MR) is 123 cm³/mol. The zero-order chi connectivity index (χ0) is 22.5. The first-order valence-electron chi connectivity index (χ1n) is 10.2. The van der Waals surface area contributed by atoms with Gasteiger partial charge in [0, 0.05) is 35.0 Å². The summed E-state index contributed by atoms with van der Waals surface area (Å²) >= 11 is 0. The van der Waals surface area contributed by atoms with Crippen molar-refractivity contribution >= 4 is 16.7 Å². The lowest BCUT2D eigenvalue weighted by Gasteiger charge is -2.05. The van der Waals surface area contributed by atoms with Crippen LogP contribution in [0.5, 0.6) is 0 Å². The van der Waals surface area contributed by atoms with E-state index in [1.54, 1.807) is 36.7 Å². The number of rotatable bonds is 7. The highest BCUT2D eigenvalue weighted by molar-refractivity contribution is 7.84. The molecule has 1 amide bonds. The average molecular weight is 446 g/mol. The van der Waals surface area contributed by atoms with Crippen molar-refractivity contribution in [3.05, 3.63) is 101 Å². The molecule has 7 heteroatoms. The molecular weight excluding hydrogens is 422 g/mol. The molecule has 4 aromatic rings. The number of carbonyl (C=O) groups excluding carboxylic acids is 1. The molecule has 0 saturated heterocycles. The number of aromatic nitrogens is 2. The Kier molecular flexibility index (Phi) is 6.56. The summed E-state index contributed by atoms with van der Waals surface area (Å²) < 4.78 is 18.5. The lowest BCUT2D eigenvalue weighted by Crippen LogP contribution is -2.22. The Hall–Kier alpha value is -3.58. The molecule has 4 rings (SSSR count). The number of oxazole rings is 1. The molecule has 1 N–H and O–H groups in total. The van der Waals surface area contributed by atoms with Crippen molar-refractivity contribution in [2.45, 2.75) is 31.0 Å². The minimum absolute atomic E-state index is 0.168. The molecule has 162 valence electrons. The minimum Gasteiger partial charge on any atom is -0.441 e. The van der Waals surface area contributed by atoms with Gasteiger partial charge in [-0.25, -0.2) is 4.98 Å². The number of nitrogens with one attached hydrogen (secondary N) is 1. The van der Waals surface area contributed by atoms with E-state index < -0.39 is 10.8 Å². The fourth-order valence-electron chi connectivity index (χ4n) is 3.20. The lowest BCUT2D eigenvalue weighted by atomic mass is 10.1. The van der Waals surface area contributed by atoms with E-state index in [-0.39, 0.29) is 11.7 Å². The van der Waals surface area contributed by atoms with Gasteiger partial charge in [0.05, 0.1) is 22.2 Å². The molecule has 1 unspecified atom stereocenters. The Morgan fingerprint density at radius 1 is 1.06 bits per heavy atom. The first-order valence-corrected chi connectivity index (χ1v) is 11.5. The van der Waals surface area contributed by atoms with E-state index in [9.17, 15) is 9.00 Å². The van der Waals surface area contributed by atoms with Crippen LogP contribution in [-0.4, -0.2) is 20.1 Å². The van der Waals surface area contributed by atoms with Gasteiger partial charge in [-0.3, -0.25) is 14.0 Å². The molecule has 0 saturated carbocycles. The van der Waals surface area contributed by atoms with Crippen LogP contribution in [0.3, 0.4) is 0 Å². The number of nitrogens with zero attached hydrogens (tertiary/aromatic N) is 2. The topological polar surface area (TPSA) is 85.1 Å². The minimum atomic E-state index is -1.21. The number of amides is 1. The molecule has 1 atom stereocenters. The van der Waals surface area contributed by atoms with E-state index in [2.05, 4.69) is 15.3 Å². The number of pyridine rings is 1. The summed E-state index contributed by atoms with van der Waals surface area (Å²) in [6.07, 6.45) is 3.41. The predicted octanol–water partition coefficient (Wildman–Crippen LogP) is 4.59. The van der Waals surface area contributed by atoms with Gasteiger partial charge >= 0.3 is 0 Å². The van der Waals surface area contributed by atoms with E-state index in [4.69, 9.17) is 4.42 Å². The van der Waals surface area contributed by atoms with E-state index >= 15 is 0 Å². The normalized spacial score (nSPS) is 11.8. The van der Waals surface area contributed by atoms with Crippen LogP contribution in [0, 0.1) is 13.8 Å². The van der Waals surface area contributed by atoms with E-state index in [1.807, 2.05) is 50.2 Å². The third-order valence-electron chi connectivity index (χ3n) is 4.98. The van der Waals surface area contributed by atoms with Gasteiger partial charge in [-0.1, -0.05) is 18.2 Å². The van der Waals surface area contributed by atoms with Gasteiger partial charge in [-0.2, -0.15) is 0 Å². The van der Waals surface area contributed by atoms with Gasteiger partial charge in [-0.15, -0.1) is 0 Å². The van der Waals surface area contributed by atoms with Crippen LogP contribution in [0.2, 0.25) is 0 Å². The maximum atomic E-state index is 12.7. The Balaban J connectivity index is 1.43. The fraction of sp³-hybridized carbons (Fsp3) is 0.160. The van der Waals surface area contributed by atoms with Crippen molar-refractivity contribution in [2.75, 3.05) is 0 Å². The molecule has 2 aromatic carbocycles. The SMILES string of the molecule is Cc1cccc(S(=O)Cc2nc(-c3ccc(C(=O)NCc4cccnc4)cc3)oc2C)c1. The van der Waals surface area contributed by atoms with Crippen LogP contribution in [0.15, 0.2) is 82.4 Å². The van der Waals surface area contributed by atoms with Crippen molar-refractivity contribution in [1.29, 1.82) is 0 Å². The quantitative estimate of drug-likeness (QED) is 0.450. The van der Waals surface area contributed by atoms with Gasteiger partial charge < -0.3 is 9.73 Å². The monoisotopic (exact) mass is 445 g/mol. The maximum Gasteiger partial charge on any atom is 0.251 e. The standard InChI is InChI=1S/C25H23N3O3S/c1-17-5-3-7-22(13-17)32(30)16-23-18(2)31-25(28-23)21-10-8-20(9-11-21)24(29)27-15-19-6-4-12-26-14-19/h3-14H,15-16H2,1-2H3,(H,27,29). The lowest BCUT2D eigenvalue weighted by molar-refractivity contribution is 0.0951. The molecule has 2 heterocycles. The first kappa shape index (κ1) is 21.6. The summed E-state index contributed by atoms with van der Waals surface area (Å²) in [5.74, 6) is 1.20. The zero-order valence-electron chi connectivity index (χ0n) is 17.9. The average Bonchev–Trinajstić information content (AvgIpc) is 3.18. The molecule has 0 aliphatic carbocycles. The van der Waals surface area contributed by atoms with Crippen molar-refractivity contribution < 1.29 is 13.4 Å². The highest BCUT2D eigenvalue weighted by Crippen LogP contribution is 2.24. The Labute approximate surface area is 189 Å². The molecule has 32 heavy (non-hydrogen) atoms. The van der Waals surface area contributed by atoms with E-state index in [1.165, 1.54) is 0 Å². The van der Waals surface area contributed by atoms with Crippen molar-refractivity contribution in [2.24, 2.45) is 0 Å². The van der Waals surface area contributed by atoms with Gasteiger partial charge in [0.25, 0.3) is 5.91 Å². The maximum absolute atomic E-state index is 12.7. The summed E-state index contributed by atoms with van der Waals surface area (Å²) in [5.41, 5.74) is 3.96. The van der Waals surface area contributed by atoms with Gasteiger partial charge in [0.15, 0.2) is 0 Å². The zero-order valence-corrected chi connectivity index (χ0v) is 18.7. The number of aryl methyl sites for hydroxylation is 2. The summed E-state index contributed by atoms with van der Waals surface area (Å²) in [4.78, 5) is 21.8. The number of hydrogen-bond donors (Lipinski definition) is 1. The Morgan fingerprint density at radius 3 is 2.59 bits per heavy atom. The van der Waals surface area contributed by atoms with Crippen molar-refractivity contribution in [3.8, 4) is 11.5 Å². The second-order valence-electron chi connectivity index (χ2n) is 7.45. The summed E-state index contributed by atoms with van der Waals surface area (Å²) in [6, 6.07) is 18.5. The summed E-state index contributed by atoms with van der Waals surface area (Å²) in [5, 5.41) is 2.88. The van der Waals surface area contributed by atoms with Crippen LogP contribution in [0.4, 0.5) is 0 Å². The number of hydrogen-bond acceptors (Lipinski definition) is 5. The molecule has 0 aliphatic heterocycles. The summed E-state index contributed by atoms with van der Waals surface area (Å²) in [7, 11) is -1.21. The molecule has 0 aliphatic rings. The molecule has 0 bridgehead atoms. The van der Waals surface area contributed by atoms with Gasteiger partial charge in [0.1, 0.15) is 5.76 Å². The molecule has 2 aromatic heterocycles. The Bertz CT molecular complexity index is 1250. The molecular formula is C25H23N3O3S. The highest BCUT2D eigenvalue weighted by Gasteiger charge is 2.16. The van der Waals surface area contributed by atoms with Crippen LogP contribution in [0.25, 0.3) is 11.5 Å². The number of benzene rings is 2.